The predicted octanol–water partition coefficient (Wildman–Crippen LogP) is 4.19. The molecule has 28 heavy (non-hydrogen) atoms. The van der Waals surface area contributed by atoms with Crippen LogP contribution >= 0.6 is 12.4 Å². The van der Waals surface area contributed by atoms with E-state index >= 15 is 0 Å². The number of pyridine rings is 1. The van der Waals surface area contributed by atoms with Crippen LogP contribution in [-0.2, 0) is 12.7 Å². The van der Waals surface area contributed by atoms with Gasteiger partial charge in [-0.05, 0) is 28.9 Å². The molecule has 0 amide bonds. The first kappa shape index (κ1) is 19.6. The normalized spacial score (nSPS) is 11.6. The molecule has 0 fully saturated rings. The van der Waals surface area contributed by atoms with Crippen LogP contribution in [0.4, 0.5) is 19.0 Å². The van der Waals surface area contributed by atoms with Crippen molar-refractivity contribution < 1.29 is 17.8 Å². The van der Waals surface area contributed by atoms with E-state index < -0.39 is 11.7 Å². The van der Waals surface area contributed by atoms with E-state index in [1.807, 2.05) is 6.92 Å². The third kappa shape index (κ3) is 3.05. The van der Waals surface area contributed by atoms with Gasteiger partial charge in [-0.15, -0.1) is 12.4 Å². The zero-order chi connectivity index (χ0) is 19.2. The lowest BCUT2D eigenvalue weighted by Gasteiger charge is -2.14. The highest BCUT2D eigenvalue weighted by molar-refractivity contribution is 5.94. The number of nitrogens with zero attached hydrogens (tertiary/aromatic N) is 5. The highest BCUT2D eigenvalue weighted by Gasteiger charge is 2.34. The molecular formula is C17H14ClF3N6O. The molecule has 0 aliphatic heterocycles. The van der Waals surface area contributed by atoms with Crippen LogP contribution in [0.25, 0.3) is 33.7 Å². The molecule has 11 heteroatoms. The zero-order valence-corrected chi connectivity index (χ0v) is 15.3. The van der Waals surface area contributed by atoms with Gasteiger partial charge in [-0.1, -0.05) is 18.2 Å². The SMILES string of the molecule is CCn1c(-c2nonc2N)nc2cncc(-c3ccccc3C(F)(F)F)c21.Cl. The fraction of sp³-hybridized carbons (Fsp3) is 0.176. The van der Waals surface area contributed by atoms with Crippen LogP contribution in [0.5, 0.6) is 0 Å². The lowest BCUT2D eigenvalue weighted by atomic mass is 9.99. The minimum atomic E-state index is -4.50. The van der Waals surface area contributed by atoms with Gasteiger partial charge in [0.25, 0.3) is 0 Å². The summed E-state index contributed by atoms with van der Waals surface area (Å²) in [4.78, 5) is 8.51. The molecule has 0 atom stereocenters. The summed E-state index contributed by atoms with van der Waals surface area (Å²) in [5.41, 5.74) is 6.51. The maximum atomic E-state index is 13.5. The zero-order valence-electron chi connectivity index (χ0n) is 14.4. The van der Waals surface area contributed by atoms with Crippen LogP contribution < -0.4 is 5.73 Å². The van der Waals surface area contributed by atoms with Gasteiger partial charge in [0, 0.05) is 18.3 Å². The number of nitrogen functional groups attached to an aromatic ring is 1. The van der Waals surface area contributed by atoms with Crippen molar-refractivity contribution in [1.29, 1.82) is 0 Å². The van der Waals surface area contributed by atoms with Gasteiger partial charge in [0.15, 0.2) is 17.3 Å². The Morgan fingerprint density at radius 1 is 1.11 bits per heavy atom. The van der Waals surface area contributed by atoms with E-state index in [9.17, 15) is 13.2 Å². The summed E-state index contributed by atoms with van der Waals surface area (Å²) < 4.78 is 46.9. The number of aryl methyl sites for hydroxylation is 1. The summed E-state index contributed by atoms with van der Waals surface area (Å²) in [6, 6.07) is 5.36. The van der Waals surface area contributed by atoms with Crippen molar-refractivity contribution in [2.24, 2.45) is 0 Å². The molecule has 4 rings (SSSR count). The number of hydrogen-bond acceptors (Lipinski definition) is 6. The number of benzene rings is 1. The van der Waals surface area contributed by atoms with Crippen molar-refractivity contribution in [2.45, 2.75) is 19.6 Å². The number of imidazole rings is 1. The molecule has 0 radical (unpaired) electrons. The topological polar surface area (TPSA) is 95.7 Å². The van der Waals surface area contributed by atoms with Gasteiger partial charge in [-0.3, -0.25) is 4.98 Å². The summed E-state index contributed by atoms with van der Waals surface area (Å²) in [5, 5.41) is 7.29. The molecule has 0 saturated heterocycles. The number of halogens is 4. The largest absolute Gasteiger partial charge is 0.417 e. The van der Waals surface area contributed by atoms with Crippen LogP contribution in [0.15, 0.2) is 41.3 Å². The molecule has 0 unspecified atom stereocenters. The first-order chi connectivity index (χ1) is 12.9. The Balaban J connectivity index is 0.00000225. The molecule has 0 bridgehead atoms. The molecule has 0 saturated carbocycles. The lowest BCUT2D eigenvalue weighted by Crippen LogP contribution is -2.08. The van der Waals surface area contributed by atoms with Gasteiger partial charge in [0.2, 0.25) is 0 Å². The van der Waals surface area contributed by atoms with E-state index in [0.29, 0.717) is 29.0 Å². The standard InChI is InChI=1S/C17H13F3N6O.ClH/c1-2-26-14-10(9-5-3-4-6-11(9)17(18,19)20)7-22-8-12(14)23-16(26)13-15(21)25-27-24-13;/h3-8H,2H2,1H3,(H2,21,25);1H. The third-order valence-corrected chi connectivity index (χ3v) is 4.21. The number of aromatic nitrogens is 5. The van der Waals surface area contributed by atoms with Crippen molar-refractivity contribution in [3.8, 4) is 22.6 Å². The average Bonchev–Trinajstić information content (AvgIpc) is 3.23. The number of nitrogens with two attached hydrogens (primary N) is 1. The van der Waals surface area contributed by atoms with Gasteiger partial charge in [-0.2, -0.15) is 13.2 Å². The molecule has 0 aliphatic rings. The van der Waals surface area contributed by atoms with Crippen molar-refractivity contribution in [3.05, 3.63) is 42.2 Å². The van der Waals surface area contributed by atoms with E-state index in [4.69, 9.17) is 5.73 Å². The number of hydrogen-bond donors (Lipinski definition) is 1. The summed E-state index contributed by atoms with van der Waals surface area (Å²) >= 11 is 0. The number of anilines is 1. The maximum Gasteiger partial charge on any atom is 0.417 e. The third-order valence-electron chi connectivity index (χ3n) is 4.21. The van der Waals surface area contributed by atoms with Gasteiger partial charge in [-0.25, -0.2) is 9.61 Å². The van der Waals surface area contributed by atoms with Gasteiger partial charge in [0.05, 0.1) is 17.3 Å². The van der Waals surface area contributed by atoms with Crippen LogP contribution in [-0.4, -0.2) is 24.8 Å². The van der Waals surface area contributed by atoms with Crippen LogP contribution in [0.1, 0.15) is 12.5 Å². The Kier molecular flexibility index (Phi) is 4.99. The lowest BCUT2D eigenvalue weighted by molar-refractivity contribution is -0.137. The molecule has 2 N–H and O–H groups in total. The molecule has 0 spiro atoms. The molecule has 3 aromatic heterocycles. The van der Waals surface area contributed by atoms with Gasteiger partial charge in [0.1, 0.15) is 5.52 Å². The van der Waals surface area contributed by atoms with Gasteiger partial charge >= 0.3 is 6.18 Å². The van der Waals surface area contributed by atoms with Crippen molar-refractivity contribution in [3.63, 3.8) is 0 Å². The number of rotatable bonds is 3. The Morgan fingerprint density at radius 2 is 1.86 bits per heavy atom. The monoisotopic (exact) mass is 410 g/mol. The average molecular weight is 411 g/mol. The van der Waals surface area contributed by atoms with E-state index in [0.717, 1.165) is 6.07 Å². The Bertz CT molecular complexity index is 1140. The summed E-state index contributed by atoms with van der Waals surface area (Å²) in [6.07, 6.45) is -1.62. The van der Waals surface area contributed by atoms with E-state index in [1.54, 1.807) is 10.6 Å². The summed E-state index contributed by atoms with van der Waals surface area (Å²) in [7, 11) is 0. The summed E-state index contributed by atoms with van der Waals surface area (Å²) in [6.45, 7) is 2.26. The highest BCUT2D eigenvalue weighted by atomic mass is 35.5. The molecule has 1 aromatic carbocycles. The van der Waals surface area contributed by atoms with Crippen LogP contribution in [0.3, 0.4) is 0 Å². The van der Waals surface area contributed by atoms with Crippen molar-refractivity contribution in [2.75, 3.05) is 5.73 Å². The van der Waals surface area contributed by atoms with E-state index in [-0.39, 0.29) is 29.5 Å². The second kappa shape index (κ2) is 7.12. The van der Waals surface area contributed by atoms with Gasteiger partial charge < -0.3 is 10.3 Å². The molecular weight excluding hydrogens is 397 g/mol. The Labute approximate surface area is 162 Å². The van der Waals surface area contributed by atoms with E-state index in [1.165, 1.54) is 24.5 Å². The Morgan fingerprint density at radius 3 is 2.50 bits per heavy atom. The second-order valence-corrected chi connectivity index (χ2v) is 5.78. The van der Waals surface area contributed by atoms with E-state index in [2.05, 4.69) is 24.9 Å². The smallest absolute Gasteiger partial charge is 0.379 e. The highest BCUT2D eigenvalue weighted by Crippen LogP contribution is 2.40. The van der Waals surface area contributed by atoms with Crippen molar-refractivity contribution in [1.82, 2.24) is 24.8 Å². The number of alkyl halides is 3. The molecule has 7 nitrogen and oxygen atoms in total. The first-order valence-electron chi connectivity index (χ1n) is 8.01. The fourth-order valence-electron chi connectivity index (χ4n) is 3.09. The van der Waals surface area contributed by atoms with Crippen LogP contribution in [0, 0.1) is 0 Å². The quantitative estimate of drug-likeness (QED) is 0.544. The second-order valence-electron chi connectivity index (χ2n) is 5.78. The number of fused-ring (bicyclic) bond motifs is 1. The fourth-order valence-corrected chi connectivity index (χ4v) is 3.09. The molecule has 3 heterocycles. The predicted molar refractivity (Wildman–Crippen MR) is 98.6 cm³/mol. The molecule has 4 aromatic rings. The molecule has 146 valence electrons. The molecule has 0 aliphatic carbocycles. The maximum absolute atomic E-state index is 13.5. The van der Waals surface area contributed by atoms with Crippen LogP contribution in [0.2, 0.25) is 0 Å². The summed E-state index contributed by atoms with van der Waals surface area (Å²) in [5.74, 6) is 0.398. The van der Waals surface area contributed by atoms with Crippen molar-refractivity contribution >= 4 is 29.3 Å². The first-order valence-corrected chi connectivity index (χ1v) is 8.01. The minimum Gasteiger partial charge on any atom is -0.379 e. The minimum absolute atomic E-state index is 0. The Hall–Kier alpha value is -3.14.